The smallest absolute Gasteiger partial charge is 0.416 e. The number of para-hydroxylation sites is 1. The number of hydrogen-bond donors (Lipinski definition) is 0. The lowest BCUT2D eigenvalue weighted by Crippen LogP contribution is -2.17. The summed E-state index contributed by atoms with van der Waals surface area (Å²) in [5, 5.41) is 1.73. The van der Waals surface area contributed by atoms with Gasteiger partial charge in [0.05, 0.1) is 30.5 Å². The van der Waals surface area contributed by atoms with Gasteiger partial charge in [0.25, 0.3) is 5.56 Å². The summed E-state index contributed by atoms with van der Waals surface area (Å²) in [5.74, 6) is 1.62. The Bertz CT molecular complexity index is 1440. The first kappa shape index (κ1) is 25.5. The van der Waals surface area contributed by atoms with E-state index in [9.17, 15) is 18.0 Å². The fourth-order valence-corrected chi connectivity index (χ4v) is 4.37. The Morgan fingerprint density at radius 3 is 2.53 bits per heavy atom. The van der Waals surface area contributed by atoms with E-state index in [1.165, 1.54) is 27.9 Å². The maximum absolute atomic E-state index is 13.3. The molecule has 0 N–H and O–H groups in total. The van der Waals surface area contributed by atoms with Crippen molar-refractivity contribution in [3.05, 3.63) is 81.2 Å². The highest BCUT2D eigenvalue weighted by atomic mass is 32.1. The van der Waals surface area contributed by atoms with Gasteiger partial charge in [-0.2, -0.15) is 13.2 Å². The highest BCUT2D eigenvalue weighted by Crippen LogP contribution is 2.34. The van der Waals surface area contributed by atoms with Gasteiger partial charge in [-0.1, -0.05) is 38.1 Å². The van der Waals surface area contributed by atoms with E-state index in [0.29, 0.717) is 40.2 Å². The summed E-state index contributed by atoms with van der Waals surface area (Å²) in [4.78, 5) is 18.4. The van der Waals surface area contributed by atoms with Gasteiger partial charge in [-0.3, -0.25) is 9.20 Å². The maximum Gasteiger partial charge on any atom is 0.416 e. The van der Waals surface area contributed by atoms with Crippen molar-refractivity contribution >= 4 is 28.4 Å². The van der Waals surface area contributed by atoms with Crippen LogP contribution in [0.4, 0.5) is 13.2 Å². The first-order valence-electron chi connectivity index (χ1n) is 11.3. The quantitative estimate of drug-likeness (QED) is 0.253. The van der Waals surface area contributed by atoms with Crippen LogP contribution in [0.15, 0.2) is 58.8 Å². The molecular weight excluding hydrogens is 489 g/mol. The van der Waals surface area contributed by atoms with E-state index in [1.807, 2.05) is 12.1 Å². The minimum Gasteiger partial charge on any atom is -0.493 e. The SMILES string of the molecule is COc1cccc(/C=C/c2nc3sccn3c(=O)c2-c2ccc(C(F)(F)F)cc2)c1OCCC(C)C. The average molecular weight is 515 g/mol. The molecule has 0 unspecified atom stereocenters. The first-order chi connectivity index (χ1) is 17.2. The Morgan fingerprint density at radius 2 is 1.86 bits per heavy atom. The number of aromatic nitrogens is 2. The van der Waals surface area contributed by atoms with Crippen molar-refractivity contribution in [1.29, 1.82) is 0 Å². The van der Waals surface area contributed by atoms with Crippen molar-refractivity contribution in [3.8, 4) is 22.6 Å². The molecule has 0 radical (unpaired) electrons. The zero-order chi connectivity index (χ0) is 25.9. The standard InChI is InChI=1S/C27H25F3N2O3S/c1-17(2)13-15-35-24-19(5-4-6-22(24)34-3)9-12-21-23(25(33)32-14-16-36-26(32)31-21)18-7-10-20(11-8-18)27(28,29)30/h4-12,14,16-17H,13,15H2,1-3H3/b12-9+. The first-order valence-corrected chi connectivity index (χ1v) is 12.2. The molecule has 0 saturated carbocycles. The second-order valence-electron chi connectivity index (χ2n) is 8.55. The number of alkyl halides is 3. The molecule has 36 heavy (non-hydrogen) atoms. The number of rotatable bonds is 8. The van der Waals surface area contributed by atoms with Gasteiger partial charge in [0.2, 0.25) is 0 Å². The van der Waals surface area contributed by atoms with Crippen molar-refractivity contribution in [3.63, 3.8) is 0 Å². The highest BCUT2D eigenvalue weighted by molar-refractivity contribution is 7.15. The van der Waals surface area contributed by atoms with Gasteiger partial charge in [-0.25, -0.2) is 4.98 Å². The Hall–Kier alpha value is -3.59. The molecule has 0 atom stereocenters. The summed E-state index contributed by atoms with van der Waals surface area (Å²) < 4.78 is 52.1. The van der Waals surface area contributed by atoms with Crippen LogP contribution >= 0.6 is 11.3 Å². The van der Waals surface area contributed by atoms with Crippen LogP contribution < -0.4 is 15.0 Å². The van der Waals surface area contributed by atoms with Crippen molar-refractivity contribution in [1.82, 2.24) is 9.38 Å². The molecule has 0 aliphatic carbocycles. The maximum atomic E-state index is 13.3. The van der Waals surface area contributed by atoms with E-state index in [0.717, 1.165) is 24.1 Å². The van der Waals surface area contributed by atoms with E-state index in [-0.39, 0.29) is 11.1 Å². The average Bonchev–Trinajstić information content (AvgIpc) is 3.31. The monoisotopic (exact) mass is 514 g/mol. The molecule has 4 aromatic rings. The fraction of sp³-hybridized carbons (Fsp3) is 0.259. The number of nitrogens with zero attached hydrogens (tertiary/aromatic N) is 2. The summed E-state index contributed by atoms with van der Waals surface area (Å²) in [7, 11) is 1.56. The lowest BCUT2D eigenvalue weighted by molar-refractivity contribution is -0.137. The summed E-state index contributed by atoms with van der Waals surface area (Å²) in [6, 6.07) is 10.0. The third kappa shape index (κ3) is 5.46. The number of halogens is 3. The predicted molar refractivity (Wildman–Crippen MR) is 137 cm³/mol. The summed E-state index contributed by atoms with van der Waals surface area (Å²) >= 11 is 1.29. The zero-order valence-electron chi connectivity index (χ0n) is 20.0. The third-order valence-corrected chi connectivity index (χ3v) is 6.34. The van der Waals surface area contributed by atoms with Gasteiger partial charge in [-0.15, -0.1) is 11.3 Å². The Morgan fingerprint density at radius 1 is 1.11 bits per heavy atom. The lowest BCUT2D eigenvalue weighted by atomic mass is 10.0. The molecule has 0 spiro atoms. The van der Waals surface area contributed by atoms with Crippen LogP contribution in [0.1, 0.15) is 37.1 Å². The largest absolute Gasteiger partial charge is 0.493 e. The van der Waals surface area contributed by atoms with E-state index in [2.05, 4.69) is 18.8 Å². The predicted octanol–water partition coefficient (Wildman–Crippen LogP) is 7.05. The third-order valence-electron chi connectivity index (χ3n) is 5.59. The minimum absolute atomic E-state index is 0.209. The molecule has 5 nitrogen and oxygen atoms in total. The number of fused-ring (bicyclic) bond motifs is 1. The van der Waals surface area contributed by atoms with E-state index in [4.69, 9.17) is 9.47 Å². The van der Waals surface area contributed by atoms with Crippen molar-refractivity contribution in [2.45, 2.75) is 26.4 Å². The van der Waals surface area contributed by atoms with Crippen LogP contribution in [-0.2, 0) is 6.18 Å². The van der Waals surface area contributed by atoms with Crippen LogP contribution in [0.5, 0.6) is 11.5 Å². The van der Waals surface area contributed by atoms with Crippen molar-refractivity contribution in [2.24, 2.45) is 5.92 Å². The molecule has 0 saturated heterocycles. The molecule has 9 heteroatoms. The molecule has 188 valence electrons. The van der Waals surface area contributed by atoms with Crippen LogP contribution in [0.2, 0.25) is 0 Å². The molecule has 2 heterocycles. The minimum atomic E-state index is -4.47. The number of benzene rings is 2. The molecule has 2 aromatic heterocycles. The number of methoxy groups -OCH3 is 1. The number of thiazole rings is 1. The van der Waals surface area contributed by atoms with Gasteiger partial charge in [-0.05, 0) is 48.3 Å². The van der Waals surface area contributed by atoms with Crippen molar-refractivity contribution < 1.29 is 22.6 Å². The zero-order valence-corrected chi connectivity index (χ0v) is 20.8. The number of ether oxygens (including phenoxy) is 2. The molecule has 0 bridgehead atoms. The second-order valence-corrected chi connectivity index (χ2v) is 9.42. The van der Waals surface area contributed by atoms with E-state index < -0.39 is 11.7 Å². The summed E-state index contributed by atoms with van der Waals surface area (Å²) in [6.07, 6.45) is 1.45. The number of hydrogen-bond acceptors (Lipinski definition) is 5. The van der Waals surface area contributed by atoms with Crippen LogP contribution in [0.25, 0.3) is 28.2 Å². The Balaban J connectivity index is 1.79. The summed E-state index contributed by atoms with van der Waals surface area (Å²) in [6.45, 7) is 4.73. The molecule has 0 aliphatic rings. The van der Waals surface area contributed by atoms with Crippen LogP contribution in [0.3, 0.4) is 0 Å². The topological polar surface area (TPSA) is 52.8 Å². The fourth-order valence-electron chi connectivity index (χ4n) is 3.66. The second kappa shape index (κ2) is 10.6. The molecular formula is C27H25F3N2O3S. The molecule has 0 amide bonds. The van der Waals surface area contributed by atoms with E-state index >= 15 is 0 Å². The highest BCUT2D eigenvalue weighted by Gasteiger charge is 2.30. The van der Waals surface area contributed by atoms with Gasteiger partial charge < -0.3 is 9.47 Å². The van der Waals surface area contributed by atoms with Gasteiger partial charge in [0.1, 0.15) is 0 Å². The van der Waals surface area contributed by atoms with Gasteiger partial charge in [0.15, 0.2) is 16.5 Å². The van der Waals surface area contributed by atoms with Crippen molar-refractivity contribution in [2.75, 3.05) is 13.7 Å². The summed E-state index contributed by atoms with van der Waals surface area (Å²) in [5.41, 5.74) is 0.482. The molecule has 2 aromatic carbocycles. The Kier molecular flexibility index (Phi) is 7.49. The Labute approximate surface area is 210 Å². The van der Waals surface area contributed by atoms with Crippen LogP contribution in [0, 0.1) is 5.92 Å². The van der Waals surface area contributed by atoms with E-state index in [1.54, 1.807) is 36.9 Å². The molecule has 0 fully saturated rings. The lowest BCUT2D eigenvalue weighted by Gasteiger charge is -2.14. The van der Waals surface area contributed by atoms with Gasteiger partial charge in [0, 0.05) is 17.1 Å². The molecule has 0 aliphatic heterocycles. The normalized spacial score (nSPS) is 12.1. The molecule has 4 rings (SSSR count). The van der Waals surface area contributed by atoms with Gasteiger partial charge >= 0.3 is 6.18 Å². The van der Waals surface area contributed by atoms with Crippen LogP contribution in [-0.4, -0.2) is 23.1 Å².